The van der Waals surface area contributed by atoms with Crippen LogP contribution in [0, 0.1) is 0 Å². The zero-order valence-electron chi connectivity index (χ0n) is 15.7. The molecule has 2 atom stereocenters. The molecule has 2 unspecified atom stereocenters. The highest BCUT2D eigenvalue weighted by atomic mass is 79.9. The molecule has 0 amide bonds. The first-order valence-electron chi connectivity index (χ1n) is 9.04. The van der Waals surface area contributed by atoms with E-state index in [4.69, 9.17) is 4.74 Å². The molecule has 2 nitrogen and oxygen atoms in total. The normalized spacial score (nSPS) is 37.7. The van der Waals surface area contributed by atoms with E-state index in [2.05, 4.69) is 72.7 Å². The molecule has 1 heterocycles. The Morgan fingerprint density at radius 2 is 2.00 bits per heavy atom. The molecule has 24 heavy (non-hydrogen) atoms. The van der Waals surface area contributed by atoms with Crippen molar-refractivity contribution in [3.63, 3.8) is 0 Å². The van der Waals surface area contributed by atoms with Crippen LogP contribution in [0.1, 0.15) is 53.4 Å². The zero-order valence-corrected chi connectivity index (χ0v) is 18.1. The standard InChI is InChI=1S/C20H32BrNOS/c1-6-24(15(2)3)16(4)11-7-8-12-17-18(22-24)13-9-10-14-19(23-5)20(17)21/h8,12-16,22H,6-7,9-11H2,1-5H3/b12-8-,18-13+,19-14?,20-17+. The Hall–Kier alpha value is -0.610. The number of methoxy groups -OCH3 is 1. The minimum Gasteiger partial charge on any atom is -0.496 e. The quantitative estimate of drug-likeness (QED) is 0.584. The summed E-state index contributed by atoms with van der Waals surface area (Å²) in [6, 6.07) is 0. The number of hydrogen-bond donors (Lipinski definition) is 1. The molecule has 0 aromatic rings. The van der Waals surface area contributed by atoms with Crippen molar-refractivity contribution in [1.82, 2.24) is 4.72 Å². The number of rotatable bonds is 3. The highest BCUT2D eigenvalue weighted by Gasteiger charge is 2.33. The van der Waals surface area contributed by atoms with E-state index in [1.54, 1.807) is 7.11 Å². The first kappa shape index (κ1) is 19.7. The largest absolute Gasteiger partial charge is 0.496 e. The molecule has 4 heteroatoms. The lowest BCUT2D eigenvalue weighted by Gasteiger charge is -2.50. The van der Waals surface area contributed by atoms with Crippen LogP contribution < -0.4 is 4.72 Å². The molecule has 0 saturated heterocycles. The fraction of sp³-hybridized carbons (Fsp3) is 0.600. The highest BCUT2D eigenvalue weighted by molar-refractivity contribution is 9.12. The molecule has 2 rings (SSSR count). The van der Waals surface area contributed by atoms with Gasteiger partial charge in [-0.3, -0.25) is 0 Å². The van der Waals surface area contributed by atoms with Crippen LogP contribution in [0.4, 0.5) is 0 Å². The molecule has 0 aromatic heterocycles. The molecule has 0 radical (unpaired) electrons. The number of ether oxygens (including phenoxy) is 1. The molecule has 2 aliphatic rings. The van der Waals surface area contributed by atoms with E-state index in [-0.39, 0.29) is 0 Å². The third kappa shape index (κ3) is 3.96. The van der Waals surface area contributed by atoms with Crippen LogP contribution in [0.3, 0.4) is 0 Å². The molecule has 1 aliphatic heterocycles. The van der Waals surface area contributed by atoms with Crippen molar-refractivity contribution in [3.05, 3.63) is 45.8 Å². The maximum absolute atomic E-state index is 5.61. The minimum atomic E-state index is -0.934. The average Bonchev–Trinajstić information content (AvgIpc) is 2.62. The van der Waals surface area contributed by atoms with E-state index in [0.29, 0.717) is 10.5 Å². The first-order valence-corrected chi connectivity index (χ1v) is 11.8. The Balaban J connectivity index is 2.57. The Morgan fingerprint density at radius 1 is 1.29 bits per heavy atom. The molecular weight excluding hydrogens is 382 g/mol. The molecule has 136 valence electrons. The predicted molar refractivity (Wildman–Crippen MR) is 113 cm³/mol. The number of hydrogen-bond acceptors (Lipinski definition) is 2. The second kappa shape index (κ2) is 8.66. The smallest absolute Gasteiger partial charge is 0.129 e. The van der Waals surface area contributed by atoms with Gasteiger partial charge in [-0.2, -0.15) is 10.2 Å². The third-order valence-corrected chi connectivity index (χ3v) is 10.9. The van der Waals surface area contributed by atoms with Gasteiger partial charge in [0.15, 0.2) is 0 Å². The van der Waals surface area contributed by atoms with Crippen molar-refractivity contribution in [2.45, 2.75) is 63.9 Å². The summed E-state index contributed by atoms with van der Waals surface area (Å²) < 4.78 is 10.7. The SMILES string of the molecule is CCS1(C(C)C)N/C2=C/CCC=C(OC)/C(Br)=C2/C=C\CCC1C. The van der Waals surface area contributed by atoms with Crippen molar-refractivity contribution in [2.75, 3.05) is 12.9 Å². The van der Waals surface area contributed by atoms with Crippen LogP contribution in [0.2, 0.25) is 0 Å². The Kier molecular flexibility index (Phi) is 7.11. The summed E-state index contributed by atoms with van der Waals surface area (Å²) in [5.41, 5.74) is 2.50. The van der Waals surface area contributed by atoms with Gasteiger partial charge in [0.05, 0.1) is 11.6 Å². The van der Waals surface area contributed by atoms with E-state index in [9.17, 15) is 0 Å². The second-order valence-electron chi connectivity index (χ2n) is 6.77. The van der Waals surface area contributed by atoms with E-state index in [1.807, 2.05) is 0 Å². The van der Waals surface area contributed by atoms with Gasteiger partial charge in [-0.1, -0.05) is 45.9 Å². The van der Waals surface area contributed by atoms with Gasteiger partial charge in [0.2, 0.25) is 0 Å². The van der Waals surface area contributed by atoms with Crippen LogP contribution in [-0.4, -0.2) is 23.4 Å². The fourth-order valence-electron chi connectivity index (χ4n) is 3.65. The van der Waals surface area contributed by atoms with Crippen LogP contribution >= 0.6 is 26.1 Å². The van der Waals surface area contributed by atoms with Gasteiger partial charge in [0.25, 0.3) is 0 Å². The second-order valence-corrected chi connectivity index (χ2v) is 11.8. The lowest BCUT2D eigenvalue weighted by molar-refractivity contribution is 0.303. The van der Waals surface area contributed by atoms with Crippen LogP contribution in [-0.2, 0) is 4.74 Å². The summed E-state index contributed by atoms with van der Waals surface area (Å²) in [5, 5.41) is 1.36. The minimum absolute atomic E-state index is 0.652. The van der Waals surface area contributed by atoms with Gasteiger partial charge in [0.1, 0.15) is 5.76 Å². The van der Waals surface area contributed by atoms with Gasteiger partial charge in [-0.15, -0.1) is 0 Å². The van der Waals surface area contributed by atoms with E-state index in [1.165, 1.54) is 23.4 Å². The number of halogens is 1. The zero-order chi connectivity index (χ0) is 17.7. The van der Waals surface area contributed by atoms with Crippen LogP contribution in [0.5, 0.6) is 0 Å². The molecule has 0 fully saturated rings. The lowest BCUT2D eigenvalue weighted by atomic mass is 10.1. The van der Waals surface area contributed by atoms with E-state index < -0.39 is 10.2 Å². The van der Waals surface area contributed by atoms with Crippen molar-refractivity contribution in [3.8, 4) is 0 Å². The third-order valence-electron chi connectivity index (χ3n) is 5.17. The van der Waals surface area contributed by atoms with Crippen molar-refractivity contribution in [2.24, 2.45) is 0 Å². The predicted octanol–water partition coefficient (Wildman–Crippen LogP) is 6.32. The molecule has 0 saturated carbocycles. The fourth-order valence-corrected chi connectivity index (χ4v) is 8.22. The molecular formula is C20H32BrNOS. The summed E-state index contributed by atoms with van der Waals surface area (Å²) >= 11 is 3.80. The topological polar surface area (TPSA) is 21.3 Å². The Bertz CT molecular complexity index is 576. The number of nitrogens with one attached hydrogen (secondary N) is 1. The van der Waals surface area contributed by atoms with Crippen molar-refractivity contribution in [1.29, 1.82) is 0 Å². The summed E-state index contributed by atoms with van der Waals surface area (Å²) in [5.74, 6) is 2.15. The summed E-state index contributed by atoms with van der Waals surface area (Å²) in [6.45, 7) is 9.56. The van der Waals surface area contributed by atoms with Gasteiger partial charge < -0.3 is 9.46 Å². The Morgan fingerprint density at radius 3 is 2.62 bits per heavy atom. The van der Waals surface area contributed by atoms with E-state index in [0.717, 1.165) is 29.5 Å². The van der Waals surface area contributed by atoms with Gasteiger partial charge in [-0.05, 0) is 58.7 Å². The van der Waals surface area contributed by atoms with Crippen LogP contribution in [0.15, 0.2) is 45.8 Å². The van der Waals surface area contributed by atoms with Gasteiger partial charge in [0, 0.05) is 16.5 Å². The van der Waals surface area contributed by atoms with Crippen molar-refractivity contribution < 1.29 is 4.74 Å². The monoisotopic (exact) mass is 413 g/mol. The number of allylic oxidation sites excluding steroid dienone is 5. The molecule has 0 spiro atoms. The van der Waals surface area contributed by atoms with E-state index >= 15 is 0 Å². The number of fused-ring (bicyclic) bond motifs is 1. The summed E-state index contributed by atoms with van der Waals surface area (Å²) in [6.07, 6.45) is 13.6. The van der Waals surface area contributed by atoms with Gasteiger partial charge in [-0.25, -0.2) is 0 Å². The summed E-state index contributed by atoms with van der Waals surface area (Å²) in [7, 11) is 0.819. The molecule has 1 aliphatic carbocycles. The molecule has 0 bridgehead atoms. The van der Waals surface area contributed by atoms with Crippen LogP contribution in [0.25, 0.3) is 0 Å². The van der Waals surface area contributed by atoms with Crippen molar-refractivity contribution >= 4 is 26.1 Å². The summed E-state index contributed by atoms with van der Waals surface area (Å²) in [4.78, 5) is 0. The Labute approximate surface area is 158 Å². The lowest BCUT2D eigenvalue weighted by Crippen LogP contribution is -2.36. The average molecular weight is 414 g/mol. The highest BCUT2D eigenvalue weighted by Crippen LogP contribution is 2.56. The first-order chi connectivity index (χ1) is 11.5. The van der Waals surface area contributed by atoms with Gasteiger partial charge >= 0.3 is 0 Å². The maximum Gasteiger partial charge on any atom is 0.129 e. The molecule has 1 N–H and O–H groups in total. The molecule has 0 aromatic carbocycles. The maximum atomic E-state index is 5.61.